The summed E-state index contributed by atoms with van der Waals surface area (Å²) in [5, 5.41) is 10.0. The molecule has 1 aliphatic rings. The van der Waals surface area contributed by atoms with Crippen molar-refractivity contribution in [3.8, 4) is 28.8 Å². The Labute approximate surface area is 204 Å². The van der Waals surface area contributed by atoms with Gasteiger partial charge in [0.1, 0.15) is 12.1 Å². The lowest BCUT2D eigenvalue weighted by atomic mass is 9.88. The van der Waals surface area contributed by atoms with Gasteiger partial charge in [-0.2, -0.15) is 5.10 Å². The highest BCUT2D eigenvalue weighted by molar-refractivity contribution is 6.33. The van der Waals surface area contributed by atoms with Crippen molar-refractivity contribution in [2.45, 2.75) is 12.8 Å². The fourth-order valence-corrected chi connectivity index (χ4v) is 4.84. The van der Waals surface area contributed by atoms with Crippen LogP contribution in [-0.2, 0) is 0 Å². The molecule has 1 aliphatic heterocycles. The second-order valence-electron chi connectivity index (χ2n) is 8.25. The van der Waals surface area contributed by atoms with Crippen LogP contribution in [0, 0.1) is 6.92 Å². The van der Waals surface area contributed by atoms with Gasteiger partial charge < -0.3 is 9.15 Å². The number of hydrogen-bond acceptors (Lipinski definition) is 6. The first-order chi connectivity index (χ1) is 17.2. The molecule has 0 saturated carbocycles. The molecule has 5 heterocycles. The van der Waals surface area contributed by atoms with E-state index in [4.69, 9.17) is 30.8 Å². The molecule has 0 bridgehead atoms. The Bertz CT molecular complexity index is 1710. The highest BCUT2D eigenvalue weighted by Gasteiger charge is 2.39. The van der Waals surface area contributed by atoms with Gasteiger partial charge in [-0.05, 0) is 43.3 Å². The van der Waals surface area contributed by atoms with Crippen molar-refractivity contribution in [3.05, 3.63) is 107 Å². The van der Waals surface area contributed by atoms with E-state index in [-0.39, 0.29) is 5.92 Å². The van der Waals surface area contributed by atoms with Crippen molar-refractivity contribution < 1.29 is 9.15 Å². The monoisotopic (exact) mass is 480 g/mol. The van der Waals surface area contributed by atoms with Crippen LogP contribution in [0.3, 0.4) is 0 Å². The van der Waals surface area contributed by atoms with Crippen molar-refractivity contribution in [1.29, 1.82) is 0 Å². The molecular weight excluding hydrogens is 464 g/mol. The molecule has 35 heavy (non-hydrogen) atoms. The van der Waals surface area contributed by atoms with Crippen molar-refractivity contribution in [3.63, 3.8) is 0 Å². The molecular formula is C26H17ClN6O2. The minimum atomic E-state index is -0.333. The van der Waals surface area contributed by atoms with Crippen LogP contribution in [0.4, 0.5) is 0 Å². The molecule has 170 valence electrons. The quantitative estimate of drug-likeness (QED) is 0.317. The Balaban J connectivity index is 1.49. The van der Waals surface area contributed by atoms with Crippen LogP contribution in [0.1, 0.15) is 28.5 Å². The zero-order chi connectivity index (χ0) is 23.5. The van der Waals surface area contributed by atoms with Crippen molar-refractivity contribution in [1.82, 2.24) is 29.4 Å². The Hall–Kier alpha value is -4.43. The molecule has 0 amide bonds. The number of fused-ring (bicyclic) bond motifs is 4. The van der Waals surface area contributed by atoms with E-state index >= 15 is 0 Å². The molecule has 0 saturated heterocycles. The number of furan rings is 1. The van der Waals surface area contributed by atoms with Crippen LogP contribution < -0.4 is 4.74 Å². The third-order valence-electron chi connectivity index (χ3n) is 6.16. The summed E-state index contributed by atoms with van der Waals surface area (Å²) in [6.07, 6.45) is 3.26. The molecule has 0 aliphatic carbocycles. The van der Waals surface area contributed by atoms with Crippen molar-refractivity contribution in [2.75, 3.05) is 0 Å². The fraction of sp³-hybridized carbons (Fsp3) is 0.0769. The normalized spacial score (nSPS) is 14.5. The van der Waals surface area contributed by atoms with Gasteiger partial charge in [-0.1, -0.05) is 41.9 Å². The van der Waals surface area contributed by atoms with Gasteiger partial charge in [0.05, 0.1) is 39.7 Å². The van der Waals surface area contributed by atoms with E-state index in [9.17, 15) is 0 Å². The SMILES string of the molecule is Cc1nn(-c2ccccc2)c2c1C(c1ccco1)c1c(ncn3nc(-c4ccccc4Cl)nc13)O2. The molecule has 0 spiro atoms. The zero-order valence-corrected chi connectivity index (χ0v) is 19.2. The number of hydrogen-bond donors (Lipinski definition) is 0. The minimum absolute atomic E-state index is 0.333. The summed E-state index contributed by atoms with van der Waals surface area (Å²) >= 11 is 6.43. The molecule has 0 N–H and O–H groups in total. The van der Waals surface area contributed by atoms with Gasteiger partial charge in [0.15, 0.2) is 11.5 Å². The van der Waals surface area contributed by atoms with Crippen molar-refractivity contribution >= 4 is 17.2 Å². The molecule has 1 unspecified atom stereocenters. The summed E-state index contributed by atoms with van der Waals surface area (Å²) in [5.41, 5.74) is 4.73. The summed E-state index contributed by atoms with van der Waals surface area (Å²) in [6, 6.07) is 21.2. The minimum Gasteiger partial charge on any atom is -0.468 e. The number of para-hydroxylation sites is 1. The Kier molecular flexibility index (Phi) is 4.31. The second kappa shape index (κ2) is 7.54. The maximum atomic E-state index is 6.43. The van der Waals surface area contributed by atoms with Crippen molar-refractivity contribution in [2.24, 2.45) is 0 Å². The van der Waals surface area contributed by atoms with Gasteiger partial charge >= 0.3 is 0 Å². The lowest BCUT2D eigenvalue weighted by molar-refractivity contribution is 0.392. The summed E-state index contributed by atoms with van der Waals surface area (Å²) in [7, 11) is 0. The molecule has 4 aromatic heterocycles. The molecule has 1 atom stereocenters. The Morgan fingerprint density at radius 3 is 2.54 bits per heavy atom. The molecule has 8 nitrogen and oxygen atoms in total. The fourth-order valence-electron chi connectivity index (χ4n) is 4.62. The number of benzene rings is 2. The van der Waals surface area contributed by atoms with Gasteiger partial charge in [-0.3, -0.25) is 0 Å². The van der Waals surface area contributed by atoms with Crippen LogP contribution in [0.25, 0.3) is 22.7 Å². The standard InChI is InChI=1S/C26H17ClN6O2/c1-15-20-21(19-12-7-13-34-19)22-24-29-23(17-10-5-6-11-18(17)27)31-32(24)14-28-25(22)35-26(20)33(30-15)16-8-3-2-4-9-16/h2-14,21H,1H3. The summed E-state index contributed by atoms with van der Waals surface area (Å²) in [6.45, 7) is 1.97. The van der Waals surface area contributed by atoms with E-state index in [2.05, 4.69) is 10.1 Å². The first kappa shape index (κ1) is 20.0. The summed E-state index contributed by atoms with van der Waals surface area (Å²) < 4.78 is 15.8. The third-order valence-corrected chi connectivity index (χ3v) is 6.49. The summed E-state index contributed by atoms with van der Waals surface area (Å²) in [4.78, 5) is 9.47. The number of nitrogens with zero attached hydrogens (tertiary/aromatic N) is 6. The smallest absolute Gasteiger partial charge is 0.230 e. The molecule has 6 aromatic rings. The van der Waals surface area contributed by atoms with Gasteiger partial charge in [0.2, 0.25) is 11.8 Å². The first-order valence-corrected chi connectivity index (χ1v) is 11.4. The number of halogens is 1. The molecule has 0 radical (unpaired) electrons. The second-order valence-corrected chi connectivity index (χ2v) is 8.66. The highest BCUT2D eigenvalue weighted by Crippen LogP contribution is 2.49. The zero-order valence-electron chi connectivity index (χ0n) is 18.5. The molecule has 2 aromatic carbocycles. The topological polar surface area (TPSA) is 83.3 Å². The van der Waals surface area contributed by atoms with Gasteiger partial charge in [0, 0.05) is 5.56 Å². The average Bonchev–Trinajstić information content (AvgIpc) is 3.63. The van der Waals surface area contributed by atoms with E-state index < -0.39 is 0 Å². The van der Waals surface area contributed by atoms with Gasteiger partial charge in [-0.25, -0.2) is 19.2 Å². The number of ether oxygens (including phenoxy) is 1. The molecule has 0 fully saturated rings. The lowest BCUT2D eigenvalue weighted by Crippen LogP contribution is -2.15. The largest absolute Gasteiger partial charge is 0.468 e. The number of rotatable bonds is 3. The maximum Gasteiger partial charge on any atom is 0.230 e. The van der Waals surface area contributed by atoms with Gasteiger partial charge in [0.25, 0.3) is 0 Å². The third kappa shape index (κ3) is 3.00. The average molecular weight is 481 g/mol. The van der Waals surface area contributed by atoms with Crippen LogP contribution in [-0.4, -0.2) is 29.4 Å². The van der Waals surface area contributed by atoms with E-state index in [1.165, 1.54) is 0 Å². The predicted octanol–water partition coefficient (Wildman–Crippen LogP) is 5.82. The Morgan fingerprint density at radius 1 is 0.914 bits per heavy atom. The number of aromatic nitrogens is 6. The van der Waals surface area contributed by atoms with Crippen LogP contribution in [0.2, 0.25) is 5.02 Å². The highest BCUT2D eigenvalue weighted by atomic mass is 35.5. The van der Waals surface area contributed by atoms with Crippen LogP contribution in [0.15, 0.2) is 83.7 Å². The molecule has 9 heteroatoms. The first-order valence-electron chi connectivity index (χ1n) is 11.1. The van der Waals surface area contributed by atoms with Gasteiger partial charge in [-0.15, -0.1) is 5.10 Å². The van der Waals surface area contributed by atoms with Crippen LogP contribution in [0.5, 0.6) is 11.8 Å². The predicted molar refractivity (Wildman–Crippen MR) is 129 cm³/mol. The van der Waals surface area contributed by atoms with Crippen LogP contribution >= 0.6 is 11.6 Å². The molecule has 7 rings (SSSR count). The van der Waals surface area contributed by atoms with E-state index in [1.54, 1.807) is 21.8 Å². The summed E-state index contributed by atoms with van der Waals surface area (Å²) in [5.74, 6) is 1.95. The maximum absolute atomic E-state index is 6.43. The Morgan fingerprint density at radius 2 is 1.74 bits per heavy atom. The van der Waals surface area contributed by atoms with E-state index in [0.29, 0.717) is 28.3 Å². The lowest BCUT2D eigenvalue weighted by Gasteiger charge is -2.24. The number of aryl methyl sites for hydroxylation is 1. The van der Waals surface area contributed by atoms with E-state index in [0.717, 1.165) is 33.8 Å². The van der Waals surface area contributed by atoms with E-state index in [1.807, 2.05) is 73.7 Å².